The SMILES string of the molecule is COc1cccc(CC(=O)NC2(C(=O)O)CC2)c1. The Hall–Kier alpha value is -2.04. The third kappa shape index (κ3) is 2.61. The van der Waals surface area contributed by atoms with Gasteiger partial charge in [-0.15, -0.1) is 0 Å². The van der Waals surface area contributed by atoms with Crippen molar-refractivity contribution in [3.8, 4) is 5.75 Å². The minimum Gasteiger partial charge on any atom is -0.497 e. The molecule has 1 aliphatic carbocycles. The molecule has 5 nitrogen and oxygen atoms in total. The molecule has 0 bridgehead atoms. The number of amides is 1. The standard InChI is InChI=1S/C13H15NO4/c1-18-10-4-2-3-9(7-10)8-11(15)14-13(5-6-13)12(16)17/h2-4,7H,5-6,8H2,1H3,(H,14,15)(H,16,17). The fourth-order valence-corrected chi connectivity index (χ4v) is 1.80. The van der Waals surface area contributed by atoms with Gasteiger partial charge in [-0.2, -0.15) is 0 Å². The Balaban J connectivity index is 1.97. The van der Waals surface area contributed by atoms with Gasteiger partial charge in [0.05, 0.1) is 13.5 Å². The Morgan fingerprint density at radius 2 is 2.17 bits per heavy atom. The van der Waals surface area contributed by atoms with E-state index in [1.807, 2.05) is 6.07 Å². The fourth-order valence-electron chi connectivity index (χ4n) is 1.80. The number of methoxy groups -OCH3 is 1. The van der Waals surface area contributed by atoms with Crippen LogP contribution in [-0.2, 0) is 16.0 Å². The molecule has 2 N–H and O–H groups in total. The van der Waals surface area contributed by atoms with E-state index in [2.05, 4.69) is 5.32 Å². The van der Waals surface area contributed by atoms with Crippen molar-refractivity contribution in [3.05, 3.63) is 29.8 Å². The maximum Gasteiger partial charge on any atom is 0.329 e. The van der Waals surface area contributed by atoms with Crippen LogP contribution in [0, 0.1) is 0 Å². The second kappa shape index (κ2) is 4.68. The van der Waals surface area contributed by atoms with Gasteiger partial charge in [0, 0.05) is 0 Å². The number of hydrogen-bond acceptors (Lipinski definition) is 3. The average Bonchev–Trinajstić information content (AvgIpc) is 3.10. The topological polar surface area (TPSA) is 75.6 Å². The van der Waals surface area contributed by atoms with Crippen molar-refractivity contribution in [2.45, 2.75) is 24.8 Å². The van der Waals surface area contributed by atoms with Crippen LogP contribution in [0.4, 0.5) is 0 Å². The molecule has 0 saturated heterocycles. The van der Waals surface area contributed by atoms with E-state index >= 15 is 0 Å². The van der Waals surface area contributed by atoms with E-state index in [0.29, 0.717) is 18.6 Å². The van der Waals surface area contributed by atoms with E-state index < -0.39 is 11.5 Å². The maximum atomic E-state index is 11.8. The number of hydrogen-bond donors (Lipinski definition) is 2. The molecule has 0 radical (unpaired) electrons. The first-order valence-corrected chi connectivity index (χ1v) is 5.73. The molecule has 1 aromatic rings. The van der Waals surface area contributed by atoms with Crippen molar-refractivity contribution in [2.75, 3.05) is 7.11 Å². The highest BCUT2D eigenvalue weighted by molar-refractivity contribution is 5.90. The molecule has 18 heavy (non-hydrogen) atoms. The number of ether oxygens (including phenoxy) is 1. The number of benzene rings is 1. The zero-order chi connectivity index (χ0) is 13.2. The predicted octanol–water partition coefficient (Wildman–Crippen LogP) is 0.971. The van der Waals surface area contributed by atoms with Gasteiger partial charge in [0.2, 0.25) is 5.91 Å². The van der Waals surface area contributed by atoms with Gasteiger partial charge in [-0.25, -0.2) is 4.79 Å². The first kappa shape index (κ1) is 12.4. The minimum absolute atomic E-state index is 0.159. The van der Waals surface area contributed by atoms with E-state index in [9.17, 15) is 9.59 Å². The normalized spacial score (nSPS) is 15.8. The molecule has 0 atom stereocenters. The minimum atomic E-state index is -1.02. The summed E-state index contributed by atoms with van der Waals surface area (Å²) in [6.07, 6.45) is 1.17. The van der Waals surface area contributed by atoms with E-state index in [0.717, 1.165) is 5.56 Å². The third-order valence-electron chi connectivity index (χ3n) is 3.04. The van der Waals surface area contributed by atoms with Crippen molar-refractivity contribution in [1.29, 1.82) is 0 Å². The molecule has 5 heteroatoms. The van der Waals surface area contributed by atoms with Crippen LogP contribution in [0.15, 0.2) is 24.3 Å². The molecule has 1 fully saturated rings. The second-order valence-electron chi connectivity index (χ2n) is 4.46. The molecule has 0 aliphatic heterocycles. The molecule has 0 unspecified atom stereocenters. The quantitative estimate of drug-likeness (QED) is 0.815. The van der Waals surface area contributed by atoms with Gasteiger partial charge in [0.25, 0.3) is 0 Å². The molecule has 0 aromatic heterocycles. The Labute approximate surface area is 105 Å². The first-order valence-electron chi connectivity index (χ1n) is 5.73. The van der Waals surface area contributed by atoms with Crippen molar-refractivity contribution >= 4 is 11.9 Å². The summed E-state index contributed by atoms with van der Waals surface area (Å²) in [5, 5.41) is 11.5. The van der Waals surface area contributed by atoms with Gasteiger partial charge >= 0.3 is 5.97 Å². The van der Waals surface area contributed by atoms with Crippen molar-refractivity contribution in [2.24, 2.45) is 0 Å². The summed E-state index contributed by atoms with van der Waals surface area (Å²) in [4.78, 5) is 22.7. The largest absolute Gasteiger partial charge is 0.497 e. The highest BCUT2D eigenvalue weighted by atomic mass is 16.5. The van der Waals surface area contributed by atoms with Crippen LogP contribution >= 0.6 is 0 Å². The Morgan fingerprint density at radius 3 is 2.72 bits per heavy atom. The second-order valence-corrected chi connectivity index (χ2v) is 4.46. The van der Waals surface area contributed by atoms with Gasteiger partial charge in [-0.1, -0.05) is 12.1 Å². The van der Waals surface area contributed by atoms with Crippen LogP contribution < -0.4 is 10.1 Å². The summed E-state index contributed by atoms with van der Waals surface area (Å²) in [5.41, 5.74) is -0.219. The Kier molecular flexibility index (Phi) is 3.23. The van der Waals surface area contributed by atoms with E-state index in [4.69, 9.17) is 9.84 Å². The van der Waals surface area contributed by atoms with Crippen LogP contribution in [0.3, 0.4) is 0 Å². The average molecular weight is 249 g/mol. The summed E-state index contributed by atoms with van der Waals surface area (Å²) in [6.45, 7) is 0. The molecule has 96 valence electrons. The number of nitrogens with one attached hydrogen (secondary N) is 1. The summed E-state index contributed by atoms with van der Waals surface area (Å²) >= 11 is 0. The van der Waals surface area contributed by atoms with Crippen molar-refractivity contribution in [1.82, 2.24) is 5.32 Å². The lowest BCUT2D eigenvalue weighted by molar-refractivity contribution is -0.143. The maximum absolute atomic E-state index is 11.8. The summed E-state index contributed by atoms with van der Waals surface area (Å²) in [5.74, 6) is -0.552. The molecule has 1 aromatic carbocycles. The van der Waals surface area contributed by atoms with E-state index in [-0.39, 0.29) is 12.3 Å². The number of carbonyl (C=O) groups is 2. The zero-order valence-electron chi connectivity index (χ0n) is 10.1. The molecule has 1 saturated carbocycles. The summed E-state index contributed by atoms with van der Waals surface area (Å²) < 4.78 is 5.06. The van der Waals surface area contributed by atoms with Crippen molar-refractivity contribution < 1.29 is 19.4 Å². The van der Waals surface area contributed by atoms with E-state index in [1.165, 1.54) is 0 Å². The van der Waals surface area contributed by atoms with Gasteiger partial charge in [-0.3, -0.25) is 4.79 Å². The number of carbonyl (C=O) groups excluding carboxylic acids is 1. The van der Waals surface area contributed by atoms with Gasteiger partial charge in [0.1, 0.15) is 11.3 Å². The number of carboxylic acids is 1. The predicted molar refractivity (Wildman–Crippen MR) is 64.4 cm³/mol. The van der Waals surface area contributed by atoms with Crippen LogP contribution in [0.25, 0.3) is 0 Å². The molecule has 0 heterocycles. The number of carboxylic acid groups (broad SMARTS) is 1. The van der Waals surface area contributed by atoms with Crippen LogP contribution in [-0.4, -0.2) is 29.6 Å². The molecular weight excluding hydrogens is 234 g/mol. The van der Waals surface area contributed by atoms with Gasteiger partial charge in [-0.05, 0) is 30.5 Å². The third-order valence-corrected chi connectivity index (χ3v) is 3.04. The lowest BCUT2D eigenvalue weighted by Crippen LogP contribution is -2.43. The molecular formula is C13H15NO4. The summed E-state index contributed by atoms with van der Waals surface area (Å²) in [7, 11) is 1.56. The number of aliphatic carboxylic acids is 1. The molecule has 1 aliphatic rings. The first-order chi connectivity index (χ1) is 8.55. The molecule has 1 amide bonds. The zero-order valence-corrected chi connectivity index (χ0v) is 10.1. The lowest BCUT2D eigenvalue weighted by Gasteiger charge is -2.12. The Morgan fingerprint density at radius 1 is 1.44 bits per heavy atom. The fraction of sp³-hybridized carbons (Fsp3) is 0.385. The van der Waals surface area contributed by atoms with Crippen LogP contribution in [0.1, 0.15) is 18.4 Å². The van der Waals surface area contributed by atoms with Gasteiger partial charge in [0.15, 0.2) is 0 Å². The lowest BCUT2D eigenvalue weighted by atomic mass is 10.1. The van der Waals surface area contributed by atoms with Crippen LogP contribution in [0.5, 0.6) is 5.75 Å². The summed E-state index contributed by atoms with van der Waals surface area (Å²) in [6, 6.07) is 7.16. The van der Waals surface area contributed by atoms with Crippen molar-refractivity contribution in [3.63, 3.8) is 0 Å². The van der Waals surface area contributed by atoms with E-state index in [1.54, 1.807) is 25.3 Å². The highest BCUT2D eigenvalue weighted by Crippen LogP contribution is 2.35. The molecule has 0 spiro atoms. The van der Waals surface area contributed by atoms with Gasteiger partial charge < -0.3 is 15.2 Å². The highest BCUT2D eigenvalue weighted by Gasteiger charge is 2.51. The smallest absolute Gasteiger partial charge is 0.329 e. The number of rotatable bonds is 5. The molecule has 2 rings (SSSR count). The monoisotopic (exact) mass is 249 g/mol. The van der Waals surface area contributed by atoms with Crippen LogP contribution in [0.2, 0.25) is 0 Å². The Bertz CT molecular complexity index is 480.